The van der Waals surface area contributed by atoms with Crippen molar-refractivity contribution >= 4 is 16.0 Å². The number of methoxy groups -OCH3 is 1. The number of rotatable bonds is 3. The van der Waals surface area contributed by atoms with Crippen molar-refractivity contribution in [2.45, 2.75) is 37.6 Å². The fourth-order valence-electron chi connectivity index (χ4n) is 2.73. The summed E-state index contributed by atoms with van der Waals surface area (Å²) in [6, 6.07) is 6.13. The van der Waals surface area contributed by atoms with Gasteiger partial charge in [-0.05, 0) is 37.8 Å². The lowest BCUT2D eigenvalue weighted by molar-refractivity contribution is 0.0596. The topological polar surface area (TPSA) is 63.7 Å². The van der Waals surface area contributed by atoms with Gasteiger partial charge in [-0.1, -0.05) is 19.1 Å². The first-order chi connectivity index (χ1) is 9.89. The number of carbonyl (C=O) groups excluding carboxylic acids is 1. The van der Waals surface area contributed by atoms with Gasteiger partial charge in [0.1, 0.15) is 0 Å². The first-order valence-corrected chi connectivity index (χ1v) is 8.52. The Kier molecular flexibility index (Phi) is 4.68. The van der Waals surface area contributed by atoms with E-state index in [0.717, 1.165) is 12.8 Å². The van der Waals surface area contributed by atoms with E-state index in [1.54, 1.807) is 12.1 Å². The second kappa shape index (κ2) is 6.15. The van der Waals surface area contributed by atoms with Crippen molar-refractivity contribution in [3.8, 4) is 0 Å². The zero-order valence-electron chi connectivity index (χ0n) is 12.6. The molecule has 0 aliphatic carbocycles. The van der Waals surface area contributed by atoms with Crippen LogP contribution in [-0.2, 0) is 14.8 Å². The molecule has 6 heteroatoms. The second-order valence-corrected chi connectivity index (χ2v) is 7.32. The summed E-state index contributed by atoms with van der Waals surface area (Å²) in [6.45, 7) is 4.46. The Morgan fingerprint density at radius 3 is 2.62 bits per heavy atom. The van der Waals surface area contributed by atoms with Crippen LogP contribution in [0.1, 0.15) is 37.0 Å². The molecule has 2 atom stereocenters. The molecule has 0 N–H and O–H groups in total. The van der Waals surface area contributed by atoms with Gasteiger partial charge in [0.05, 0.1) is 17.6 Å². The van der Waals surface area contributed by atoms with E-state index in [4.69, 9.17) is 0 Å². The lowest BCUT2D eigenvalue weighted by Gasteiger charge is -2.37. The molecule has 1 aliphatic heterocycles. The number of sulfonamides is 1. The predicted molar refractivity (Wildman–Crippen MR) is 79.5 cm³/mol. The fourth-order valence-corrected chi connectivity index (χ4v) is 4.68. The minimum absolute atomic E-state index is 0.0257. The Bertz CT molecular complexity index is 626. The van der Waals surface area contributed by atoms with Crippen molar-refractivity contribution in [1.82, 2.24) is 4.31 Å². The number of benzene rings is 1. The third kappa shape index (κ3) is 2.96. The summed E-state index contributed by atoms with van der Waals surface area (Å²) in [5, 5.41) is 0. The van der Waals surface area contributed by atoms with Gasteiger partial charge in [-0.2, -0.15) is 4.31 Å². The average molecular weight is 311 g/mol. The van der Waals surface area contributed by atoms with Crippen molar-refractivity contribution in [3.05, 3.63) is 29.8 Å². The van der Waals surface area contributed by atoms with Crippen LogP contribution >= 0.6 is 0 Å². The van der Waals surface area contributed by atoms with Crippen LogP contribution in [0.3, 0.4) is 0 Å². The van der Waals surface area contributed by atoms with Crippen LogP contribution in [0.4, 0.5) is 0 Å². The van der Waals surface area contributed by atoms with E-state index in [1.165, 1.54) is 23.5 Å². The summed E-state index contributed by atoms with van der Waals surface area (Å²) >= 11 is 0. The molecule has 2 unspecified atom stereocenters. The number of hydrogen-bond acceptors (Lipinski definition) is 4. The summed E-state index contributed by atoms with van der Waals surface area (Å²) in [5.74, 6) is -0.328. The highest BCUT2D eigenvalue weighted by Crippen LogP contribution is 2.30. The SMILES string of the molecule is COC(=O)c1ccccc1S(=O)(=O)N1CCCC(C)C1C. The normalized spacial score (nSPS) is 23.8. The van der Waals surface area contributed by atoms with E-state index in [1.807, 2.05) is 6.92 Å². The van der Waals surface area contributed by atoms with E-state index < -0.39 is 16.0 Å². The lowest BCUT2D eigenvalue weighted by atomic mass is 9.94. The molecule has 0 amide bonds. The van der Waals surface area contributed by atoms with Crippen molar-refractivity contribution in [1.29, 1.82) is 0 Å². The molecule has 5 nitrogen and oxygen atoms in total. The monoisotopic (exact) mass is 311 g/mol. The molecule has 2 rings (SSSR count). The number of esters is 1. The number of piperidine rings is 1. The van der Waals surface area contributed by atoms with Crippen LogP contribution in [-0.4, -0.2) is 38.4 Å². The Labute approximate surface area is 126 Å². The summed E-state index contributed by atoms with van der Waals surface area (Å²) in [7, 11) is -2.45. The van der Waals surface area contributed by atoms with Gasteiger partial charge in [0.2, 0.25) is 10.0 Å². The van der Waals surface area contributed by atoms with Crippen LogP contribution < -0.4 is 0 Å². The zero-order chi connectivity index (χ0) is 15.6. The highest BCUT2D eigenvalue weighted by Gasteiger charge is 2.36. The molecule has 1 heterocycles. The van der Waals surface area contributed by atoms with Gasteiger partial charge in [-0.25, -0.2) is 13.2 Å². The number of carbonyl (C=O) groups is 1. The zero-order valence-corrected chi connectivity index (χ0v) is 13.4. The number of nitrogens with zero attached hydrogens (tertiary/aromatic N) is 1. The predicted octanol–water partition coefficient (Wildman–Crippen LogP) is 2.28. The van der Waals surface area contributed by atoms with Gasteiger partial charge in [0, 0.05) is 12.6 Å². The molecule has 1 saturated heterocycles. The maximum absolute atomic E-state index is 12.9. The molecule has 21 heavy (non-hydrogen) atoms. The quantitative estimate of drug-likeness (QED) is 0.803. The van der Waals surface area contributed by atoms with Gasteiger partial charge in [-0.15, -0.1) is 0 Å². The average Bonchev–Trinajstić information content (AvgIpc) is 2.49. The molecule has 0 radical (unpaired) electrons. The van der Waals surface area contributed by atoms with Crippen LogP contribution in [0.15, 0.2) is 29.2 Å². The highest BCUT2D eigenvalue weighted by atomic mass is 32.2. The summed E-state index contributed by atoms with van der Waals surface area (Å²) in [4.78, 5) is 11.8. The molecular weight excluding hydrogens is 290 g/mol. The van der Waals surface area contributed by atoms with Crippen molar-refractivity contribution < 1.29 is 17.9 Å². The van der Waals surface area contributed by atoms with Gasteiger partial charge in [-0.3, -0.25) is 0 Å². The minimum Gasteiger partial charge on any atom is -0.465 e. The summed E-state index contributed by atoms with van der Waals surface area (Å²) < 4.78 is 32.0. The first-order valence-electron chi connectivity index (χ1n) is 7.08. The number of hydrogen-bond donors (Lipinski definition) is 0. The van der Waals surface area contributed by atoms with E-state index in [2.05, 4.69) is 11.7 Å². The molecule has 0 saturated carbocycles. The Hall–Kier alpha value is -1.40. The van der Waals surface area contributed by atoms with Crippen molar-refractivity contribution in [2.24, 2.45) is 5.92 Å². The summed E-state index contributed by atoms with van der Waals surface area (Å²) in [6.07, 6.45) is 1.86. The van der Waals surface area contributed by atoms with E-state index in [9.17, 15) is 13.2 Å². The third-order valence-electron chi connectivity index (χ3n) is 4.19. The van der Waals surface area contributed by atoms with Crippen molar-refractivity contribution in [3.63, 3.8) is 0 Å². The first kappa shape index (κ1) is 16.0. The standard InChI is InChI=1S/C15H21NO4S/c1-11-7-6-10-16(12(11)2)21(18,19)14-9-5-4-8-13(14)15(17)20-3/h4-5,8-9,11-12H,6-7,10H2,1-3H3. The second-order valence-electron chi connectivity index (χ2n) is 5.46. The molecule has 0 spiro atoms. The summed E-state index contributed by atoms with van der Waals surface area (Å²) in [5.41, 5.74) is 0.0884. The third-order valence-corrected chi connectivity index (χ3v) is 6.24. The van der Waals surface area contributed by atoms with E-state index in [-0.39, 0.29) is 16.5 Å². The maximum atomic E-state index is 12.9. The number of ether oxygens (including phenoxy) is 1. The smallest absolute Gasteiger partial charge is 0.339 e. The van der Waals surface area contributed by atoms with Gasteiger partial charge < -0.3 is 4.74 Å². The van der Waals surface area contributed by atoms with Crippen LogP contribution in [0.25, 0.3) is 0 Å². The lowest BCUT2D eigenvalue weighted by Crippen LogP contribution is -2.46. The van der Waals surface area contributed by atoms with E-state index >= 15 is 0 Å². The van der Waals surface area contributed by atoms with Crippen molar-refractivity contribution in [2.75, 3.05) is 13.7 Å². The molecule has 0 bridgehead atoms. The molecule has 1 fully saturated rings. The molecule has 116 valence electrons. The van der Waals surface area contributed by atoms with Gasteiger partial charge >= 0.3 is 5.97 Å². The molecule has 1 aromatic carbocycles. The Morgan fingerprint density at radius 2 is 1.95 bits per heavy atom. The molecule has 1 aromatic rings. The fraction of sp³-hybridized carbons (Fsp3) is 0.533. The minimum atomic E-state index is -3.70. The van der Waals surface area contributed by atoms with E-state index in [0.29, 0.717) is 12.5 Å². The molecule has 1 aliphatic rings. The molecule has 0 aromatic heterocycles. The van der Waals surface area contributed by atoms with Gasteiger partial charge in [0.15, 0.2) is 0 Å². The van der Waals surface area contributed by atoms with Gasteiger partial charge in [0.25, 0.3) is 0 Å². The maximum Gasteiger partial charge on any atom is 0.339 e. The van der Waals surface area contributed by atoms with Crippen LogP contribution in [0.5, 0.6) is 0 Å². The largest absolute Gasteiger partial charge is 0.465 e. The Morgan fingerprint density at radius 1 is 1.29 bits per heavy atom. The van der Waals surface area contributed by atoms with Crippen LogP contribution in [0, 0.1) is 5.92 Å². The highest BCUT2D eigenvalue weighted by molar-refractivity contribution is 7.89. The van der Waals surface area contributed by atoms with Crippen LogP contribution in [0.2, 0.25) is 0 Å². The Balaban J connectivity index is 2.47. The molecular formula is C15H21NO4S.